The number of allylic oxidation sites excluding steroid dienone is 3. The minimum Gasteiger partial charge on any atom is -0.498 e. The Morgan fingerprint density at radius 1 is 0.667 bits per heavy atom. The molecular weight excluding hydrogens is 256 g/mol. The van der Waals surface area contributed by atoms with Crippen LogP contribution in [0.3, 0.4) is 0 Å². The lowest BCUT2D eigenvalue weighted by Crippen LogP contribution is -1.82. The van der Waals surface area contributed by atoms with E-state index in [1.54, 1.807) is 6.26 Å². The molecule has 0 amide bonds. The van der Waals surface area contributed by atoms with Crippen LogP contribution in [0.5, 0.6) is 0 Å². The number of hydrogen-bond acceptors (Lipinski definition) is 1. The van der Waals surface area contributed by atoms with Crippen molar-refractivity contribution in [3.05, 3.63) is 31.6 Å². The zero-order valence-corrected chi connectivity index (χ0v) is 14.3. The highest BCUT2D eigenvalue weighted by molar-refractivity contribution is 4.99. The van der Waals surface area contributed by atoms with Crippen molar-refractivity contribution in [2.24, 2.45) is 0 Å². The third-order valence-corrected chi connectivity index (χ3v) is 3.90. The molecule has 0 aromatic rings. The maximum absolute atomic E-state index is 4.58. The van der Waals surface area contributed by atoms with E-state index in [1.807, 2.05) is 12.2 Å². The molecule has 0 aliphatic heterocycles. The normalized spacial score (nSPS) is 11.7. The molecule has 21 heavy (non-hydrogen) atoms. The fraction of sp³-hybridized carbons (Fsp3) is 0.750. The van der Waals surface area contributed by atoms with E-state index >= 15 is 0 Å². The van der Waals surface area contributed by atoms with Crippen LogP contribution in [0.2, 0.25) is 0 Å². The zero-order valence-electron chi connectivity index (χ0n) is 14.3. The molecule has 1 nitrogen and oxygen atoms in total. The predicted molar refractivity (Wildman–Crippen MR) is 95.0 cm³/mol. The fourth-order valence-corrected chi connectivity index (χ4v) is 2.56. The molecule has 0 unspecified atom stereocenters. The monoisotopic (exact) mass is 293 g/mol. The lowest BCUT2D eigenvalue weighted by Gasteiger charge is -2.02. The van der Waals surface area contributed by atoms with Gasteiger partial charge in [0.1, 0.15) is 7.11 Å². The third kappa shape index (κ3) is 19.3. The maximum Gasteiger partial charge on any atom is 0.121 e. The molecule has 0 rings (SSSR count). The molecule has 0 aliphatic carbocycles. The van der Waals surface area contributed by atoms with Crippen LogP contribution in [0.4, 0.5) is 0 Å². The van der Waals surface area contributed by atoms with Crippen LogP contribution in [-0.2, 0) is 4.74 Å². The van der Waals surface area contributed by atoms with Crippen LogP contribution < -0.4 is 0 Å². The Balaban J connectivity index is 3.02. The summed E-state index contributed by atoms with van der Waals surface area (Å²) in [5, 5.41) is 0. The topological polar surface area (TPSA) is 9.23 Å². The molecule has 0 N–H and O–H groups in total. The first-order valence-corrected chi connectivity index (χ1v) is 9.14. The molecule has 0 fully saturated rings. The van der Waals surface area contributed by atoms with E-state index in [2.05, 4.69) is 24.8 Å². The van der Waals surface area contributed by atoms with Gasteiger partial charge >= 0.3 is 0 Å². The first-order chi connectivity index (χ1) is 10.4. The quantitative estimate of drug-likeness (QED) is 0.164. The van der Waals surface area contributed by atoms with Gasteiger partial charge in [0.25, 0.3) is 0 Å². The molecule has 123 valence electrons. The van der Waals surface area contributed by atoms with Gasteiger partial charge in [0.2, 0.25) is 0 Å². The Morgan fingerprint density at radius 2 is 1.14 bits per heavy atom. The molecule has 0 aliphatic rings. The van der Waals surface area contributed by atoms with E-state index in [-0.39, 0.29) is 0 Å². The van der Waals surface area contributed by atoms with E-state index in [9.17, 15) is 0 Å². The summed E-state index contributed by atoms with van der Waals surface area (Å²) in [5.41, 5.74) is 0. The lowest BCUT2D eigenvalue weighted by atomic mass is 10.0. The second kappa shape index (κ2) is 19.3. The second-order valence-corrected chi connectivity index (χ2v) is 5.95. The number of rotatable bonds is 16. The maximum atomic E-state index is 4.58. The largest absolute Gasteiger partial charge is 0.498 e. The van der Waals surface area contributed by atoms with Crippen LogP contribution in [0, 0.1) is 7.11 Å². The standard InChI is InChI=1S/C20H37O/c1-3-4-5-6-7-8-9-10-11-12-13-14-15-16-17-18-19-20-21-2/h17-20H,2-16H2,1H3. The first kappa shape index (κ1) is 20.3. The first-order valence-electron chi connectivity index (χ1n) is 9.14. The van der Waals surface area contributed by atoms with Gasteiger partial charge in [0, 0.05) is 0 Å². The van der Waals surface area contributed by atoms with Gasteiger partial charge in [-0.3, -0.25) is 0 Å². The average Bonchev–Trinajstić information content (AvgIpc) is 2.50. The summed E-state index contributed by atoms with van der Waals surface area (Å²) in [5.74, 6) is 0. The summed E-state index contributed by atoms with van der Waals surface area (Å²) in [4.78, 5) is 0. The van der Waals surface area contributed by atoms with Crippen LogP contribution in [0.15, 0.2) is 24.5 Å². The van der Waals surface area contributed by atoms with Gasteiger partial charge in [-0.15, -0.1) is 0 Å². The number of ether oxygens (including phenoxy) is 1. The van der Waals surface area contributed by atoms with Crippen molar-refractivity contribution in [1.82, 2.24) is 0 Å². The summed E-state index contributed by atoms with van der Waals surface area (Å²) in [6.45, 7) is 2.28. The smallest absolute Gasteiger partial charge is 0.121 e. The molecule has 0 spiro atoms. The predicted octanol–water partition coefficient (Wildman–Crippen LogP) is 7.35. The highest BCUT2D eigenvalue weighted by atomic mass is 16.5. The van der Waals surface area contributed by atoms with Crippen molar-refractivity contribution < 1.29 is 4.74 Å². The van der Waals surface area contributed by atoms with Crippen LogP contribution in [0.1, 0.15) is 96.8 Å². The van der Waals surface area contributed by atoms with Crippen molar-refractivity contribution in [2.75, 3.05) is 0 Å². The number of hydrogen-bond donors (Lipinski definition) is 0. The van der Waals surface area contributed by atoms with Crippen molar-refractivity contribution in [1.29, 1.82) is 0 Å². The third-order valence-electron chi connectivity index (χ3n) is 3.90. The van der Waals surface area contributed by atoms with Gasteiger partial charge in [-0.2, -0.15) is 0 Å². The van der Waals surface area contributed by atoms with Crippen molar-refractivity contribution >= 4 is 0 Å². The van der Waals surface area contributed by atoms with E-state index in [0.29, 0.717) is 0 Å². The van der Waals surface area contributed by atoms with Gasteiger partial charge in [-0.1, -0.05) is 96.1 Å². The van der Waals surface area contributed by atoms with E-state index in [0.717, 1.165) is 0 Å². The average molecular weight is 294 g/mol. The minimum absolute atomic E-state index is 1.18. The summed E-state index contributed by atoms with van der Waals surface area (Å²) in [6, 6.07) is 0. The highest BCUT2D eigenvalue weighted by Crippen LogP contribution is 2.12. The fourth-order valence-electron chi connectivity index (χ4n) is 2.56. The van der Waals surface area contributed by atoms with Gasteiger partial charge in [-0.05, 0) is 18.9 Å². The van der Waals surface area contributed by atoms with Crippen LogP contribution >= 0.6 is 0 Å². The van der Waals surface area contributed by atoms with Gasteiger partial charge < -0.3 is 4.74 Å². The van der Waals surface area contributed by atoms with Crippen molar-refractivity contribution in [3.63, 3.8) is 0 Å². The molecule has 0 saturated heterocycles. The van der Waals surface area contributed by atoms with E-state index in [4.69, 9.17) is 0 Å². The summed E-state index contributed by atoms with van der Waals surface area (Å²) in [7, 11) is 3.28. The Bertz CT molecular complexity index is 230. The highest BCUT2D eigenvalue weighted by Gasteiger charge is 1.93. The van der Waals surface area contributed by atoms with E-state index < -0.39 is 0 Å². The molecule has 0 atom stereocenters. The Hall–Kier alpha value is -0.720. The molecule has 0 bridgehead atoms. The molecule has 0 aromatic carbocycles. The van der Waals surface area contributed by atoms with Crippen molar-refractivity contribution in [2.45, 2.75) is 96.8 Å². The summed E-state index contributed by atoms with van der Waals surface area (Å²) >= 11 is 0. The second-order valence-electron chi connectivity index (χ2n) is 5.95. The zero-order chi connectivity index (χ0) is 15.4. The molecule has 1 radical (unpaired) electrons. The Kier molecular flexibility index (Phi) is 18.6. The van der Waals surface area contributed by atoms with Crippen LogP contribution in [0.25, 0.3) is 0 Å². The van der Waals surface area contributed by atoms with Crippen molar-refractivity contribution in [3.8, 4) is 0 Å². The molecule has 0 aromatic heterocycles. The molecule has 1 heteroatoms. The Labute approximate surface area is 133 Å². The summed E-state index contributed by atoms with van der Waals surface area (Å²) in [6.07, 6.45) is 27.4. The Morgan fingerprint density at radius 3 is 1.62 bits per heavy atom. The van der Waals surface area contributed by atoms with Gasteiger partial charge in [-0.25, -0.2) is 0 Å². The number of unbranched alkanes of at least 4 members (excludes halogenated alkanes) is 13. The SMILES string of the molecule is [CH2]OC=CC=CCCCCCCCCCCCCCCC. The molecular formula is C20H37O. The molecule has 0 saturated carbocycles. The summed E-state index contributed by atoms with van der Waals surface area (Å²) < 4.78 is 4.58. The minimum atomic E-state index is 1.18. The molecule has 0 heterocycles. The van der Waals surface area contributed by atoms with Gasteiger partial charge in [0.15, 0.2) is 0 Å². The van der Waals surface area contributed by atoms with Gasteiger partial charge in [0.05, 0.1) is 6.26 Å². The van der Waals surface area contributed by atoms with E-state index in [1.165, 1.54) is 89.9 Å². The lowest BCUT2D eigenvalue weighted by molar-refractivity contribution is 0.394. The van der Waals surface area contributed by atoms with Crippen LogP contribution in [-0.4, -0.2) is 0 Å².